The van der Waals surface area contributed by atoms with Gasteiger partial charge in [0.2, 0.25) is 15.9 Å². The first-order valence-corrected chi connectivity index (χ1v) is 11.8. The van der Waals surface area contributed by atoms with Crippen LogP contribution in [0, 0.1) is 5.92 Å². The van der Waals surface area contributed by atoms with Crippen molar-refractivity contribution in [3.05, 3.63) is 72.3 Å². The summed E-state index contributed by atoms with van der Waals surface area (Å²) in [5.41, 5.74) is 1.97. The van der Waals surface area contributed by atoms with Crippen LogP contribution in [0.25, 0.3) is 10.8 Å². The zero-order valence-electron chi connectivity index (χ0n) is 17.0. The lowest BCUT2D eigenvalue weighted by molar-refractivity contribution is -0.120. The summed E-state index contributed by atoms with van der Waals surface area (Å²) in [5.74, 6) is -0.218. The Balaban J connectivity index is 1.42. The molecule has 0 spiro atoms. The standard InChI is InChI=1S/C24H26N2O3S/c1-2-18-6-5-9-22(16-18)25-24(27)20-12-14-26(15-13-20)30(28,29)23-11-10-19-7-3-4-8-21(19)17-23/h3-11,16-17,20H,2,12-15H2,1H3,(H,25,27). The molecule has 0 atom stereocenters. The van der Waals surface area contributed by atoms with E-state index in [-0.39, 0.29) is 11.8 Å². The van der Waals surface area contributed by atoms with Crippen LogP contribution in [-0.2, 0) is 21.2 Å². The van der Waals surface area contributed by atoms with Gasteiger partial charge in [-0.3, -0.25) is 4.79 Å². The van der Waals surface area contributed by atoms with Crippen LogP contribution in [-0.4, -0.2) is 31.7 Å². The summed E-state index contributed by atoms with van der Waals surface area (Å²) >= 11 is 0. The monoisotopic (exact) mass is 422 g/mol. The summed E-state index contributed by atoms with van der Waals surface area (Å²) in [6.07, 6.45) is 1.95. The Labute approximate surface area is 177 Å². The lowest BCUT2D eigenvalue weighted by Gasteiger charge is -2.30. The number of benzene rings is 3. The number of carbonyl (C=O) groups excluding carboxylic acids is 1. The van der Waals surface area contributed by atoms with Crippen LogP contribution in [0.5, 0.6) is 0 Å². The summed E-state index contributed by atoms with van der Waals surface area (Å²) in [6.45, 7) is 2.77. The third-order valence-corrected chi connectivity index (χ3v) is 7.68. The molecular weight excluding hydrogens is 396 g/mol. The maximum Gasteiger partial charge on any atom is 0.243 e. The van der Waals surface area contributed by atoms with Crippen molar-refractivity contribution in [3.8, 4) is 0 Å². The van der Waals surface area contributed by atoms with Crippen molar-refractivity contribution in [2.24, 2.45) is 5.92 Å². The molecule has 0 bridgehead atoms. The number of amides is 1. The first-order chi connectivity index (χ1) is 14.5. The summed E-state index contributed by atoms with van der Waals surface area (Å²) in [5, 5.41) is 4.90. The molecule has 0 unspecified atom stereocenters. The fourth-order valence-corrected chi connectivity index (χ4v) is 5.45. The van der Waals surface area contributed by atoms with E-state index in [0.29, 0.717) is 30.8 Å². The van der Waals surface area contributed by atoms with Crippen molar-refractivity contribution in [1.29, 1.82) is 0 Å². The van der Waals surface area contributed by atoms with Gasteiger partial charge in [-0.25, -0.2) is 8.42 Å². The second-order valence-electron chi connectivity index (χ2n) is 7.73. The van der Waals surface area contributed by atoms with E-state index in [4.69, 9.17) is 0 Å². The Morgan fingerprint density at radius 1 is 0.967 bits per heavy atom. The van der Waals surface area contributed by atoms with Crippen LogP contribution in [0.2, 0.25) is 0 Å². The fourth-order valence-electron chi connectivity index (χ4n) is 3.95. The molecule has 3 aromatic rings. The lowest BCUT2D eigenvalue weighted by Crippen LogP contribution is -2.41. The van der Waals surface area contributed by atoms with Gasteiger partial charge in [0.1, 0.15) is 0 Å². The Bertz CT molecular complexity index is 1170. The highest BCUT2D eigenvalue weighted by Crippen LogP contribution is 2.27. The zero-order valence-corrected chi connectivity index (χ0v) is 17.9. The summed E-state index contributed by atoms with van der Waals surface area (Å²) < 4.78 is 27.7. The lowest BCUT2D eigenvalue weighted by atomic mass is 9.97. The van der Waals surface area contributed by atoms with Gasteiger partial charge in [0.25, 0.3) is 0 Å². The molecule has 0 aromatic heterocycles. The highest BCUT2D eigenvalue weighted by Gasteiger charge is 2.32. The average Bonchev–Trinajstić information content (AvgIpc) is 2.79. The van der Waals surface area contributed by atoms with Crippen molar-refractivity contribution >= 4 is 32.4 Å². The van der Waals surface area contributed by atoms with E-state index in [2.05, 4.69) is 12.2 Å². The number of nitrogens with one attached hydrogen (secondary N) is 1. The van der Waals surface area contributed by atoms with Crippen LogP contribution in [0.1, 0.15) is 25.3 Å². The van der Waals surface area contributed by atoms with Gasteiger partial charge in [-0.2, -0.15) is 4.31 Å². The SMILES string of the molecule is CCc1cccc(NC(=O)C2CCN(S(=O)(=O)c3ccc4ccccc4c3)CC2)c1. The molecule has 1 aliphatic heterocycles. The quantitative estimate of drug-likeness (QED) is 0.661. The van der Waals surface area contributed by atoms with Crippen molar-refractivity contribution in [2.75, 3.05) is 18.4 Å². The average molecular weight is 423 g/mol. The third-order valence-electron chi connectivity index (χ3n) is 5.79. The number of sulfonamides is 1. The van der Waals surface area contributed by atoms with Crippen LogP contribution in [0.3, 0.4) is 0 Å². The number of nitrogens with zero attached hydrogens (tertiary/aromatic N) is 1. The molecule has 5 nitrogen and oxygen atoms in total. The number of anilines is 1. The van der Waals surface area contributed by atoms with Crippen molar-refractivity contribution in [3.63, 3.8) is 0 Å². The second kappa shape index (κ2) is 8.58. The van der Waals surface area contributed by atoms with E-state index < -0.39 is 10.0 Å². The minimum Gasteiger partial charge on any atom is -0.326 e. The largest absolute Gasteiger partial charge is 0.326 e. The Morgan fingerprint density at radius 3 is 2.43 bits per heavy atom. The van der Waals surface area contributed by atoms with Gasteiger partial charge in [0.05, 0.1) is 4.90 Å². The maximum absolute atomic E-state index is 13.1. The van der Waals surface area contributed by atoms with E-state index in [1.54, 1.807) is 12.1 Å². The minimum absolute atomic E-state index is 0.0361. The normalized spacial score (nSPS) is 15.9. The zero-order chi connectivity index (χ0) is 21.1. The Kier molecular flexibility index (Phi) is 5.88. The predicted octanol–water partition coefficient (Wildman–Crippen LogP) is 4.44. The summed E-state index contributed by atoms with van der Waals surface area (Å²) in [4.78, 5) is 13.0. The number of aryl methyl sites for hydroxylation is 1. The van der Waals surface area contributed by atoms with Gasteiger partial charge >= 0.3 is 0 Å². The summed E-state index contributed by atoms with van der Waals surface area (Å²) in [6, 6.07) is 20.8. The first-order valence-electron chi connectivity index (χ1n) is 10.4. The molecule has 1 aliphatic rings. The molecule has 0 radical (unpaired) electrons. The molecule has 4 rings (SSSR count). The molecule has 1 amide bonds. The van der Waals surface area contributed by atoms with E-state index in [0.717, 1.165) is 22.9 Å². The predicted molar refractivity (Wildman–Crippen MR) is 120 cm³/mol. The fraction of sp³-hybridized carbons (Fsp3) is 0.292. The molecular formula is C24H26N2O3S. The molecule has 3 aromatic carbocycles. The number of piperidine rings is 1. The van der Waals surface area contributed by atoms with Crippen molar-refractivity contribution in [1.82, 2.24) is 4.31 Å². The Morgan fingerprint density at radius 2 is 1.70 bits per heavy atom. The van der Waals surface area contributed by atoms with Crippen LogP contribution in [0.4, 0.5) is 5.69 Å². The van der Waals surface area contributed by atoms with Gasteiger partial charge in [-0.15, -0.1) is 0 Å². The molecule has 0 aliphatic carbocycles. The molecule has 30 heavy (non-hydrogen) atoms. The van der Waals surface area contributed by atoms with Gasteiger partial charge < -0.3 is 5.32 Å². The number of hydrogen-bond acceptors (Lipinski definition) is 3. The smallest absolute Gasteiger partial charge is 0.243 e. The van der Waals surface area contributed by atoms with Crippen LogP contribution < -0.4 is 5.32 Å². The number of rotatable bonds is 5. The van der Waals surface area contributed by atoms with Crippen molar-refractivity contribution < 1.29 is 13.2 Å². The van der Waals surface area contributed by atoms with Gasteiger partial charge in [-0.05, 0) is 59.9 Å². The highest BCUT2D eigenvalue weighted by atomic mass is 32.2. The van der Waals surface area contributed by atoms with Crippen molar-refractivity contribution in [2.45, 2.75) is 31.1 Å². The molecule has 6 heteroatoms. The number of fused-ring (bicyclic) bond motifs is 1. The van der Waals surface area contributed by atoms with Crippen LogP contribution in [0.15, 0.2) is 71.6 Å². The number of hydrogen-bond donors (Lipinski definition) is 1. The number of carbonyl (C=O) groups is 1. The van der Waals surface area contributed by atoms with Gasteiger partial charge in [0, 0.05) is 24.7 Å². The van der Waals surface area contributed by atoms with E-state index >= 15 is 0 Å². The second-order valence-corrected chi connectivity index (χ2v) is 9.67. The first kappa shape index (κ1) is 20.6. The molecule has 1 N–H and O–H groups in total. The molecule has 156 valence electrons. The van der Waals surface area contributed by atoms with Gasteiger partial charge in [-0.1, -0.05) is 49.4 Å². The topological polar surface area (TPSA) is 66.5 Å². The summed E-state index contributed by atoms with van der Waals surface area (Å²) in [7, 11) is -3.57. The highest BCUT2D eigenvalue weighted by molar-refractivity contribution is 7.89. The minimum atomic E-state index is -3.57. The van der Waals surface area contributed by atoms with E-state index in [9.17, 15) is 13.2 Å². The molecule has 1 fully saturated rings. The van der Waals surface area contributed by atoms with E-state index in [1.807, 2.05) is 54.6 Å². The van der Waals surface area contributed by atoms with Gasteiger partial charge in [0.15, 0.2) is 0 Å². The van der Waals surface area contributed by atoms with E-state index in [1.165, 1.54) is 9.87 Å². The van der Waals surface area contributed by atoms with Crippen LogP contribution >= 0.6 is 0 Å². The maximum atomic E-state index is 13.1. The third kappa shape index (κ3) is 4.25. The molecule has 0 saturated carbocycles. The Hall–Kier alpha value is -2.70. The molecule has 1 heterocycles. The molecule has 1 saturated heterocycles.